The van der Waals surface area contributed by atoms with E-state index in [0.29, 0.717) is 18.9 Å². The summed E-state index contributed by atoms with van der Waals surface area (Å²) in [6.07, 6.45) is 9.24. The molecule has 0 saturated carbocycles. The summed E-state index contributed by atoms with van der Waals surface area (Å²) in [6.45, 7) is 2.82. The SMILES string of the molecule is Oc1cc(-c2cccnc2)cc2c1OCCN(C/C=C/c1ccco1)C2. The summed E-state index contributed by atoms with van der Waals surface area (Å²) in [5.41, 5.74) is 2.89. The van der Waals surface area contributed by atoms with Gasteiger partial charge in [-0.1, -0.05) is 12.1 Å². The Bertz CT molecular complexity index is 889. The third-order valence-corrected chi connectivity index (χ3v) is 4.38. The van der Waals surface area contributed by atoms with Gasteiger partial charge in [0.1, 0.15) is 12.4 Å². The molecule has 5 nitrogen and oxygen atoms in total. The van der Waals surface area contributed by atoms with Gasteiger partial charge in [0.05, 0.1) is 6.26 Å². The first-order valence-corrected chi connectivity index (χ1v) is 8.61. The maximum atomic E-state index is 10.4. The van der Waals surface area contributed by atoms with Crippen LogP contribution in [0.15, 0.2) is 65.5 Å². The highest BCUT2D eigenvalue weighted by atomic mass is 16.5. The van der Waals surface area contributed by atoms with Gasteiger partial charge in [0.25, 0.3) is 0 Å². The second-order valence-electron chi connectivity index (χ2n) is 6.23. The van der Waals surface area contributed by atoms with Crippen LogP contribution < -0.4 is 4.74 Å². The zero-order chi connectivity index (χ0) is 17.8. The average molecular weight is 348 g/mol. The maximum absolute atomic E-state index is 10.4. The summed E-state index contributed by atoms with van der Waals surface area (Å²) < 4.78 is 11.1. The van der Waals surface area contributed by atoms with Gasteiger partial charge in [0.15, 0.2) is 11.5 Å². The van der Waals surface area contributed by atoms with E-state index in [1.54, 1.807) is 24.7 Å². The Morgan fingerprint density at radius 3 is 2.96 bits per heavy atom. The van der Waals surface area contributed by atoms with E-state index in [9.17, 15) is 5.11 Å². The molecule has 0 spiro atoms. The van der Waals surface area contributed by atoms with Crippen LogP contribution in [-0.2, 0) is 6.54 Å². The van der Waals surface area contributed by atoms with Crippen LogP contribution in [0.25, 0.3) is 17.2 Å². The molecule has 26 heavy (non-hydrogen) atoms. The van der Waals surface area contributed by atoms with E-state index in [0.717, 1.165) is 35.5 Å². The molecule has 0 amide bonds. The first kappa shape index (κ1) is 16.4. The van der Waals surface area contributed by atoms with Gasteiger partial charge in [-0.25, -0.2) is 0 Å². The van der Waals surface area contributed by atoms with E-state index < -0.39 is 0 Å². The van der Waals surface area contributed by atoms with Gasteiger partial charge < -0.3 is 14.3 Å². The van der Waals surface area contributed by atoms with E-state index in [1.807, 2.05) is 30.3 Å². The van der Waals surface area contributed by atoms with Crippen LogP contribution in [-0.4, -0.2) is 34.7 Å². The highest BCUT2D eigenvalue weighted by Gasteiger charge is 2.19. The minimum Gasteiger partial charge on any atom is -0.504 e. The molecule has 5 heteroatoms. The molecule has 0 fully saturated rings. The molecule has 4 rings (SSSR count). The molecule has 2 aromatic heterocycles. The van der Waals surface area contributed by atoms with Crippen molar-refractivity contribution < 1.29 is 14.3 Å². The number of phenols is 1. The lowest BCUT2D eigenvalue weighted by Gasteiger charge is -2.17. The Hall–Kier alpha value is -3.05. The van der Waals surface area contributed by atoms with E-state index in [2.05, 4.69) is 22.0 Å². The minimum atomic E-state index is 0.175. The fourth-order valence-corrected chi connectivity index (χ4v) is 3.11. The molecule has 1 N–H and O–H groups in total. The van der Waals surface area contributed by atoms with Crippen molar-refractivity contribution in [2.75, 3.05) is 19.7 Å². The Morgan fingerprint density at radius 1 is 1.19 bits per heavy atom. The van der Waals surface area contributed by atoms with Crippen molar-refractivity contribution in [3.63, 3.8) is 0 Å². The molecule has 0 atom stereocenters. The number of phenolic OH excluding ortho intramolecular Hbond substituents is 1. The number of ether oxygens (including phenoxy) is 1. The molecule has 0 unspecified atom stereocenters. The highest BCUT2D eigenvalue weighted by Crippen LogP contribution is 2.37. The van der Waals surface area contributed by atoms with Crippen LogP contribution >= 0.6 is 0 Å². The Balaban J connectivity index is 1.55. The monoisotopic (exact) mass is 348 g/mol. The van der Waals surface area contributed by atoms with Crippen molar-refractivity contribution in [2.45, 2.75) is 6.54 Å². The minimum absolute atomic E-state index is 0.175. The summed E-state index contributed by atoms with van der Waals surface area (Å²) >= 11 is 0. The standard InChI is InChI=1S/C21H20N2O3/c24-20-13-17(16-4-1-7-22-14-16)12-18-15-23(9-11-26-21(18)20)8-2-5-19-6-3-10-25-19/h1-7,10,12-14,24H,8-9,11,15H2/b5-2+. The molecule has 1 aliphatic heterocycles. The number of aromatic hydroxyl groups is 1. The average Bonchev–Trinajstić information content (AvgIpc) is 3.08. The van der Waals surface area contributed by atoms with E-state index in [-0.39, 0.29) is 5.75 Å². The fraction of sp³-hybridized carbons (Fsp3) is 0.190. The molecule has 0 aliphatic carbocycles. The lowest BCUT2D eigenvalue weighted by Crippen LogP contribution is -2.25. The first-order chi connectivity index (χ1) is 12.8. The molecule has 1 aliphatic rings. The lowest BCUT2D eigenvalue weighted by molar-refractivity contribution is 0.239. The second kappa shape index (κ2) is 7.45. The zero-order valence-corrected chi connectivity index (χ0v) is 14.3. The van der Waals surface area contributed by atoms with Crippen LogP contribution in [0.5, 0.6) is 11.5 Å². The van der Waals surface area contributed by atoms with Gasteiger partial charge in [0.2, 0.25) is 0 Å². The number of hydrogen-bond donors (Lipinski definition) is 1. The Kier molecular flexibility index (Phi) is 4.71. The Labute approximate surface area is 152 Å². The topological polar surface area (TPSA) is 58.7 Å². The lowest BCUT2D eigenvalue weighted by atomic mass is 10.0. The van der Waals surface area contributed by atoms with Crippen molar-refractivity contribution >= 4 is 6.08 Å². The van der Waals surface area contributed by atoms with Crippen molar-refractivity contribution in [1.82, 2.24) is 9.88 Å². The van der Waals surface area contributed by atoms with Crippen LogP contribution in [0.1, 0.15) is 11.3 Å². The van der Waals surface area contributed by atoms with E-state index in [4.69, 9.17) is 9.15 Å². The second-order valence-corrected chi connectivity index (χ2v) is 6.23. The van der Waals surface area contributed by atoms with Gasteiger partial charge >= 0.3 is 0 Å². The van der Waals surface area contributed by atoms with Crippen molar-refractivity contribution in [3.8, 4) is 22.6 Å². The van der Waals surface area contributed by atoms with Crippen LogP contribution in [0, 0.1) is 0 Å². The third-order valence-electron chi connectivity index (χ3n) is 4.38. The molecule has 132 valence electrons. The zero-order valence-electron chi connectivity index (χ0n) is 14.3. The van der Waals surface area contributed by atoms with E-state index >= 15 is 0 Å². The fourth-order valence-electron chi connectivity index (χ4n) is 3.11. The summed E-state index contributed by atoms with van der Waals surface area (Å²) in [5, 5.41) is 10.4. The molecular weight excluding hydrogens is 328 g/mol. The number of nitrogens with zero attached hydrogens (tertiary/aromatic N) is 2. The van der Waals surface area contributed by atoms with Crippen LogP contribution in [0.3, 0.4) is 0 Å². The number of fused-ring (bicyclic) bond motifs is 1. The van der Waals surface area contributed by atoms with Crippen molar-refractivity contribution in [2.24, 2.45) is 0 Å². The molecule has 3 heterocycles. The number of aromatic nitrogens is 1. The predicted molar refractivity (Wildman–Crippen MR) is 99.9 cm³/mol. The van der Waals surface area contributed by atoms with E-state index in [1.165, 1.54) is 0 Å². The quantitative estimate of drug-likeness (QED) is 0.773. The predicted octanol–water partition coefficient (Wildman–Crippen LogP) is 3.96. The normalized spacial score (nSPS) is 14.8. The van der Waals surface area contributed by atoms with Crippen molar-refractivity contribution in [1.29, 1.82) is 0 Å². The van der Waals surface area contributed by atoms with Gasteiger partial charge in [0, 0.05) is 43.2 Å². The van der Waals surface area contributed by atoms with Crippen molar-refractivity contribution in [3.05, 3.63) is 72.5 Å². The number of pyridine rings is 1. The largest absolute Gasteiger partial charge is 0.504 e. The maximum Gasteiger partial charge on any atom is 0.165 e. The summed E-state index contributed by atoms with van der Waals surface area (Å²) in [4.78, 5) is 6.44. The van der Waals surface area contributed by atoms with Gasteiger partial charge in [-0.05, 0) is 42.0 Å². The number of rotatable bonds is 4. The molecule has 0 saturated heterocycles. The van der Waals surface area contributed by atoms with Gasteiger partial charge in [-0.2, -0.15) is 0 Å². The Morgan fingerprint density at radius 2 is 2.15 bits per heavy atom. The third kappa shape index (κ3) is 3.63. The summed E-state index contributed by atoms with van der Waals surface area (Å²) in [7, 11) is 0. The van der Waals surface area contributed by atoms with Crippen LogP contribution in [0.2, 0.25) is 0 Å². The smallest absolute Gasteiger partial charge is 0.165 e. The van der Waals surface area contributed by atoms with Crippen LogP contribution in [0.4, 0.5) is 0 Å². The highest BCUT2D eigenvalue weighted by molar-refractivity contribution is 5.68. The molecule has 1 aromatic carbocycles. The summed E-state index contributed by atoms with van der Waals surface area (Å²) in [5.74, 6) is 1.59. The molecular formula is C21H20N2O3. The molecule has 0 radical (unpaired) electrons. The number of furan rings is 1. The van der Waals surface area contributed by atoms with Gasteiger partial charge in [-0.3, -0.25) is 9.88 Å². The summed E-state index contributed by atoms with van der Waals surface area (Å²) in [6, 6.07) is 11.5. The number of hydrogen-bond acceptors (Lipinski definition) is 5. The first-order valence-electron chi connectivity index (χ1n) is 8.61. The molecule has 3 aromatic rings. The molecule has 0 bridgehead atoms. The van der Waals surface area contributed by atoms with Gasteiger partial charge in [-0.15, -0.1) is 0 Å². The number of benzene rings is 1.